The number of nitrogens with zero attached hydrogens (tertiary/aromatic N) is 4. The van der Waals surface area contributed by atoms with Crippen molar-refractivity contribution in [3.8, 4) is 0 Å². The second-order valence-corrected chi connectivity index (χ2v) is 5.59. The molecule has 6 nitrogen and oxygen atoms in total. The topological polar surface area (TPSA) is 61.4 Å². The maximum atomic E-state index is 11.7. The van der Waals surface area contributed by atoms with Crippen LogP contribution in [0, 0.1) is 13.8 Å². The summed E-state index contributed by atoms with van der Waals surface area (Å²) in [6, 6.07) is 2.44. The summed E-state index contributed by atoms with van der Waals surface area (Å²) in [5.41, 5.74) is 2.02. The van der Waals surface area contributed by atoms with Crippen LogP contribution in [-0.2, 0) is 0 Å². The van der Waals surface area contributed by atoms with Gasteiger partial charge in [-0.3, -0.25) is 0 Å². The minimum Gasteiger partial charge on any atom is -0.341 e. The lowest BCUT2D eigenvalue weighted by Gasteiger charge is -2.36. The van der Waals surface area contributed by atoms with Gasteiger partial charge in [-0.1, -0.05) is 0 Å². The number of hydrogen-bond donors (Lipinski definition) is 1. The molecule has 20 heavy (non-hydrogen) atoms. The molecule has 2 fully saturated rings. The molecule has 0 unspecified atom stereocenters. The first-order valence-corrected chi connectivity index (χ1v) is 7.25. The van der Waals surface area contributed by atoms with Gasteiger partial charge in [0, 0.05) is 43.6 Å². The molecular weight excluding hydrogens is 254 g/mol. The molecule has 1 aromatic rings. The highest BCUT2D eigenvalue weighted by molar-refractivity contribution is 5.76. The zero-order valence-corrected chi connectivity index (χ0v) is 12.1. The van der Waals surface area contributed by atoms with Gasteiger partial charge in [-0.15, -0.1) is 0 Å². The normalized spacial score (nSPS) is 20.4. The lowest BCUT2D eigenvalue weighted by molar-refractivity contribution is 0.186. The van der Waals surface area contributed by atoms with Crippen molar-refractivity contribution in [3.05, 3.63) is 17.5 Å². The van der Waals surface area contributed by atoms with Gasteiger partial charge in [0.25, 0.3) is 0 Å². The summed E-state index contributed by atoms with van der Waals surface area (Å²) in [7, 11) is 0. The van der Waals surface area contributed by atoms with E-state index in [9.17, 15) is 4.79 Å². The van der Waals surface area contributed by atoms with Crippen molar-refractivity contribution < 1.29 is 4.79 Å². The third-order valence-electron chi connectivity index (χ3n) is 4.05. The summed E-state index contributed by atoms with van der Waals surface area (Å²) in [5.74, 6) is 0.826. The quantitative estimate of drug-likeness (QED) is 0.877. The predicted molar refractivity (Wildman–Crippen MR) is 76.8 cm³/mol. The number of rotatable bonds is 2. The highest BCUT2D eigenvalue weighted by Crippen LogP contribution is 2.21. The van der Waals surface area contributed by atoms with Crippen LogP contribution in [0.1, 0.15) is 24.2 Å². The number of piperidine rings is 1. The molecule has 3 rings (SSSR count). The Morgan fingerprint density at radius 2 is 1.80 bits per heavy atom. The summed E-state index contributed by atoms with van der Waals surface area (Å²) in [4.78, 5) is 24.9. The van der Waals surface area contributed by atoms with Gasteiger partial charge in [0.15, 0.2) is 0 Å². The first kappa shape index (κ1) is 13.1. The molecule has 3 heterocycles. The molecule has 2 saturated heterocycles. The molecule has 0 aromatic carbocycles. The predicted octanol–water partition coefficient (Wildman–Crippen LogP) is 1.09. The van der Waals surface area contributed by atoms with Gasteiger partial charge in [-0.05, 0) is 32.8 Å². The lowest BCUT2D eigenvalue weighted by atomic mass is 10.0. The summed E-state index contributed by atoms with van der Waals surface area (Å²) in [6.07, 6.45) is 1.98. The number of hydrogen-bond acceptors (Lipinski definition) is 4. The molecule has 6 heteroatoms. The zero-order chi connectivity index (χ0) is 14.1. The van der Waals surface area contributed by atoms with E-state index in [4.69, 9.17) is 0 Å². The molecule has 2 aliphatic heterocycles. The molecule has 2 aliphatic rings. The smallest absolute Gasteiger partial charge is 0.317 e. The number of carbonyl (C=O) groups is 1. The van der Waals surface area contributed by atoms with Gasteiger partial charge in [0.05, 0.1) is 0 Å². The average molecular weight is 275 g/mol. The van der Waals surface area contributed by atoms with Crippen molar-refractivity contribution in [2.75, 3.05) is 31.1 Å². The van der Waals surface area contributed by atoms with E-state index >= 15 is 0 Å². The maximum absolute atomic E-state index is 11.7. The molecule has 0 bridgehead atoms. The average Bonchev–Trinajstić information content (AvgIpc) is 2.84. The van der Waals surface area contributed by atoms with Crippen molar-refractivity contribution in [2.45, 2.75) is 32.7 Å². The van der Waals surface area contributed by atoms with E-state index in [-0.39, 0.29) is 6.03 Å². The van der Waals surface area contributed by atoms with Crippen molar-refractivity contribution in [2.24, 2.45) is 0 Å². The highest BCUT2D eigenvalue weighted by Gasteiger charge is 2.31. The fourth-order valence-corrected chi connectivity index (χ4v) is 3.06. The van der Waals surface area contributed by atoms with Crippen molar-refractivity contribution in [1.29, 1.82) is 0 Å². The molecule has 2 amide bonds. The fraction of sp³-hybridized carbons (Fsp3) is 0.643. The van der Waals surface area contributed by atoms with Gasteiger partial charge in [-0.2, -0.15) is 0 Å². The number of nitrogens with one attached hydrogen (secondary N) is 1. The van der Waals surface area contributed by atoms with Crippen LogP contribution in [0.15, 0.2) is 6.07 Å². The summed E-state index contributed by atoms with van der Waals surface area (Å²) in [6.45, 7) is 7.44. The summed E-state index contributed by atoms with van der Waals surface area (Å²) < 4.78 is 0. The van der Waals surface area contributed by atoms with Crippen LogP contribution in [-0.4, -0.2) is 53.1 Å². The Bertz CT molecular complexity index is 490. The molecule has 0 saturated carbocycles. The standard InChI is InChI=1S/C14H21N5O/c1-10-9-11(2)17-13(16-10)18-6-3-12(4-7-18)19-8-5-15-14(19)20/h9,12H,3-8H2,1-2H3,(H,15,20). The van der Waals surface area contributed by atoms with Gasteiger partial charge >= 0.3 is 6.03 Å². The van der Waals surface area contributed by atoms with E-state index in [0.29, 0.717) is 6.04 Å². The van der Waals surface area contributed by atoms with Gasteiger partial charge in [0.1, 0.15) is 0 Å². The first-order chi connectivity index (χ1) is 9.63. The first-order valence-electron chi connectivity index (χ1n) is 7.25. The van der Waals surface area contributed by atoms with E-state index in [1.807, 2.05) is 24.8 Å². The molecule has 1 aromatic heterocycles. The van der Waals surface area contributed by atoms with E-state index < -0.39 is 0 Å². The lowest BCUT2D eigenvalue weighted by Crippen LogP contribution is -2.46. The Morgan fingerprint density at radius 3 is 2.35 bits per heavy atom. The Labute approximate surface area is 119 Å². The Balaban J connectivity index is 1.64. The van der Waals surface area contributed by atoms with Crippen LogP contribution in [0.3, 0.4) is 0 Å². The second kappa shape index (κ2) is 5.26. The number of anilines is 1. The van der Waals surface area contributed by atoms with E-state index in [1.54, 1.807) is 0 Å². The third kappa shape index (κ3) is 2.55. The second-order valence-electron chi connectivity index (χ2n) is 5.59. The molecule has 0 spiro atoms. The molecular formula is C14H21N5O. The molecule has 108 valence electrons. The van der Waals surface area contributed by atoms with Crippen LogP contribution in [0.4, 0.5) is 10.7 Å². The zero-order valence-electron chi connectivity index (χ0n) is 12.1. The van der Waals surface area contributed by atoms with Crippen LogP contribution in [0.5, 0.6) is 0 Å². The third-order valence-corrected chi connectivity index (χ3v) is 4.05. The SMILES string of the molecule is Cc1cc(C)nc(N2CCC(N3CCNC3=O)CC2)n1. The van der Waals surface area contributed by atoms with E-state index in [2.05, 4.69) is 20.2 Å². The Kier molecular flexibility index (Phi) is 3.46. The van der Waals surface area contributed by atoms with Gasteiger partial charge in [0.2, 0.25) is 5.95 Å². The van der Waals surface area contributed by atoms with Crippen LogP contribution in [0.25, 0.3) is 0 Å². The maximum Gasteiger partial charge on any atom is 0.317 e. The number of urea groups is 1. The number of carbonyl (C=O) groups excluding carboxylic acids is 1. The van der Waals surface area contributed by atoms with E-state index in [1.165, 1.54) is 0 Å². The van der Waals surface area contributed by atoms with E-state index in [0.717, 1.165) is 56.4 Å². The summed E-state index contributed by atoms with van der Waals surface area (Å²) >= 11 is 0. The van der Waals surface area contributed by atoms with Crippen molar-refractivity contribution in [3.63, 3.8) is 0 Å². The van der Waals surface area contributed by atoms with Crippen molar-refractivity contribution >= 4 is 12.0 Å². The number of amides is 2. The molecule has 0 radical (unpaired) electrons. The molecule has 0 aliphatic carbocycles. The highest BCUT2D eigenvalue weighted by atomic mass is 16.2. The Hall–Kier alpha value is -1.85. The van der Waals surface area contributed by atoms with Gasteiger partial charge < -0.3 is 15.1 Å². The largest absolute Gasteiger partial charge is 0.341 e. The number of aryl methyl sites for hydroxylation is 2. The summed E-state index contributed by atoms with van der Waals surface area (Å²) in [5, 5.41) is 2.87. The van der Waals surface area contributed by atoms with Gasteiger partial charge in [-0.25, -0.2) is 14.8 Å². The Morgan fingerprint density at radius 1 is 1.15 bits per heavy atom. The molecule has 0 atom stereocenters. The van der Waals surface area contributed by atoms with Crippen molar-refractivity contribution in [1.82, 2.24) is 20.2 Å². The minimum absolute atomic E-state index is 0.0890. The number of aromatic nitrogens is 2. The van der Waals surface area contributed by atoms with Crippen LogP contribution < -0.4 is 10.2 Å². The molecule has 1 N–H and O–H groups in total. The fourth-order valence-electron chi connectivity index (χ4n) is 3.06. The monoisotopic (exact) mass is 275 g/mol. The minimum atomic E-state index is 0.0890. The van der Waals surface area contributed by atoms with Crippen LogP contribution in [0.2, 0.25) is 0 Å². The van der Waals surface area contributed by atoms with Crippen LogP contribution >= 0.6 is 0 Å².